The molecule has 0 aliphatic rings. The van der Waals surface area contributed by atoms with Crippen LogP contribution in [0.4, 0.5) is 0 Å². The first kappa shape index (κ1) is 13.4. The molecule has 4 heteroatoms. The third-order valence-electron chi connectivity index (χ3n) is 3.46. The van der Waals surface area contributed by atoms with E-state index in [1.165, 1.54) is 5.56 Å². The summed E-state index contributed by atoms with van der Waals surface area (Å²) in [4.78, 5) is 19.1. The number of nitrogens with zero attached hydrogens (tertiary/aromatic N) is 1. The molecule has 3 rings (SSSR count). The fraction of sp³-hybridized carbons (Fsp3) is 0.176. The van der Waals surface area contributed by atoms with Gasteiger partial charge in [0.25, 0.3) is 0 Å². The molecule has 0 saturated heterocycles. The summed E-state index contributed by atoms with van der Waals surface area (Å²) in [5.41, 5.74) is 4.19. The van der Waals surface area contributed by atoms with Crippen LogP contribution in [-0.4, -0.2) is 15.9 Å². The zero-order valence-electron chi connectivity index (χ0n) is 11.7. The SMILES string of the molecule is O=C(CCc1ccccc1)NCc1ccc2nc[nH]c2c1. The van der Waals surface area contributed by atoms with E-state index in [-0.39, 0.29) is 5.91 Å². The number of rotatable bonds is 5. The van der Waals surface area contributed by atoms with Gasteiger partial charge < -0.3 is 10.3 Å². The Morgan fingerprint density at radius 2 is 1.95 bits per heavy atom. The van der Waals surface area contributed by atoms with Crippen molar-refractivity contribution in [2.24, 2.45) is 0 Å². The molecule has 0 radical (unpaired) electrons. The van der Waals surface area contributed by atoms with E-state index in [4.69, 9.17) is 0 Å². The Kier molecular flexibility index (Phi) is 3.96. The normalized spacial score (nSPS) is 10.7. The van der Waals surface area contributed by atoms with Crippen LogP contribution < -0.4 is 5.32 Å². The highest BCUT2D eigenvalue weighted by Crippen LogP contribution is 2.11. The van der Waals surface area contributed by atoms with Gasteiger partial charge in [-0.3, -0.25) is 4.79 Å². The number of carbonyl (C=O) groups excluding carboxylic acids is 1. The zero-order valence-corrected chi connectivity index (χ0v) is 11.7. The number of hydrogen-bond acceptors (Lipinski definition) is 2. The Bertz CT molecular complexity index is 734. The van der Waals surface area contributed by atoms with Crippen molar-refractivity contribution in [3.05, 3.63) is 66.0 Å². The van der Waals surface area contributed by atoms with Crippen LogP contribution in [0.3, 0.4) is 0 Å². The van der Waals surface area contributed by atoms with Crippen LogP contribution in [0.5, 0.6) is 0 Å². The Morgan fingerprint density at radius 1 is 1.10 bits per heavy atom. The molecule has 21 heavy (non-hydrogen) atoms. The number of amides is 1. The highest BCUT2D eigenvalue weighted by molar-refractivity contribution is 5.77. The number of fused-ring (bicyclic) bond motifs is 1. The summed E-state index contributed by atoms with van der Waals surface area (Å²) in [6.07, 6.45) is 2.95. The summed E-state index contributed by atoms with van der Waals surface area (Å²) in [6.45, 7) is 0.544. The van der Waals surface area contributed by atoms with E-state index in [0.29, 0.717) is 13.0 Å². The predicted octanol–water partition coefficient (Wildman–Crippen LogP) is 2.81. The molecule has 1 aromatic heterocycles. The average Bonchev–Trinajstić information content (AvgIpc) is 2.99. The van der Waals surface area contributed by atoms with Gasteiger partial charge in [-0.15, -0.1) is 0 Å². The quantitative estimate of drug-likeness (QED) is 0.754. The van der Waals surface area contributed by atoms with E-state index in [1.807, 2.05) is 48.5 Å². The van der Waals surface area contributed by atoms with Crippen LogP contribution >= 0.6 is 0 Å². The van der Waals surface area contributed by atoms with E-state index in [1.54, 1.807) is 6.33 Å². The minimum atomic E-state index is 0.0727. The molecule has 0 fully saturated rings. The topological polar surface area (TPSA) is 57.8 Å². The highest BCUT2D eigenvalue weighted by Gasteiger charge is 2.03. The lowest BCUT2D eigenvalue weighted by molar-refractivity contribution is -0.121. The molecule has 0 bridgehead atoms. The number of hydrogen-bond donors (Lipinski definition) is 2. The predicted molar refractivity (Wildman–Crippen MR) is 82.7 cm³/mol. The number of H-pyrrole nitrogens is 1. The van der Waals surface area contributed by atoms with Gasteiger partial charge in [-0.25, -0.2) is 4.98 Å². The van der Waals surface area contributed by atoms with Gasteiger partial charge in [0.05, 0.1) is 17.4 Å². The van der Waals surface area contributed by atoms with Gasteiger partial charge in [-0.05, 0) is 29.7 Å². The molecule has 3 aromatic rings. The molecule has 0 spiro atoms. The van der Waals surface area contributed by atoms with Crippen LogP contribution in [0.15, 0.2) is 54.9 Å². The highest BCUT2D eigenvalue weighted by atomic mass is 16.1. The minimum Gasteiger partial charge on any atom is -0.352 e. The van der Waals surface area contributed by atoms with Crippen molar-refractivity contribution in [2.45, 2.75) is 19.4 Å². The smallest absolute Gasteiger partial charge is 0.220 e. The van der Waals surface area contributed by atoms with Crippen LogP contribution in [-0.2, 0) is 17.8 Å². The van der Waals surface area contributed by atoms with Gasteiger partial charge in [0.15, 0.2) is 0 Å². The molecule has 1 heterocycles. The maximum absolute atomic E-state index is 11.9. The van der Waals surface area contributed by atoms with Gasteiger partial charge in [-0.1, -0.05) is 36.4 Å². The molecule has 2 aromatic carbocycles. The minimum absolute atomic E-state index is 0.0727. The van der Waals surface area contributed by atoms with Crippen molar-refractivity contribution < 1.29 is 4.79 Å². The maximum Gasteiger partial charge on any atom is 0.220 e. The first-order chi connectivity index (χ1) is 10.3. The van der Waals surface area contributed by atoms with Crippen LogP contribution in [0.1, 0.15) is 17.5 Å². The molecule has 0 saturated carbocycles. The fourth-order valence-electron chi connectivity index (χ4n) is 2.28. The molecule has 4 nitrogen and oxygen atoms in total. The van der Waals surface area contributed by atoms with Crippen molar-refractivity contribution in [2.75, 3.05) is 0 Å². The second-order valence-corrected chi connectivity index (χ2v) is 5.02. The van der Waals surface area contributed by atoms with E-state index in [0.717, 1.165) is 23.0 Å². The number of aromatic nitrogens is 2. The third kappa shape index (κ3) is 3.48. The summed E-state index contributed by atoms with van der Waals surface area (Å²) in [7, 11) is 0. The summed E-state index contributed by atoms with van der Waals surface area (Å²) in [5.74, 6) is 0.0727. The Morgan fingerprint density at radius 3 is 2.81 bits per heavy atom. The summed E-state index contributed by atoms with van der Waals surface area (Å²) >= 11 is 0. The van der Waals surface area contributed by atoms with Crippen molar-refractivity contribution in [1.29, 1.82) is 0 Å². The lowest BCUT2D eigenvalue weighted by Gasteiger charge is -2.05. The molecule has 0 aliphatic carbocycles. The fourth-order valence-corrected chi connectivity index (χ4v) is 2.28. The largest absolute Gasteiger partial charge is 0.352 e. The number of benzene rings is 2. The van der Waals surface area contributed by atoms with E-state index in [2.05, 4.69) is 15.3 Å². The number of imidazole rings is 1. The standard InChI is InChI=1S/C17H17N3O/c21-17(9-7-13-4-2-1-3-5-13)18-11-14-6-8-15-16(10-14)20-12-19-15/h1-6,8,10,12H,7,9,11H2,(H,18,21)(H,19,20). The number of aromatic amines is 1. The third-order valence-corrected chi connectivity index (χ3v) is 3.46. The van der Waals surface area contributed by atoms with Crippen molar-refractivity contribution in [1.82, 2.24) is 15.3 Å². The molecule has 2 N–H and O–H groups in total. The molecule has 106 valence electrons. The van der Waals surface area contributed by atoms with Crippen LogP contribution in [0.2, 0.25) is 0 Å². The number of aryl methyl sites for hydroxylation is 1. The molecule has 0 atom stereocenters. The van der Waals surface area contributed by atoms with Gasteiger partial charge in [-0.2, -0.15) is 0 Å². The summed E-state index contributed by atoms with van der Waals surface area (Å²) < 4.78 is 0. The first-order valence-electron chi connectivity index (χ1n) is 7.04. The first-order valence-corrected chi connectivity index (χ1v) is 7.04. The lowest BCUT2D eigenvalue weighted by atomic mass is 10.1. The monoisotopic (exact) mass is 279 g/mol. The number of nitrogens with one attached hydrogen (secondary N) is 2. The molecular formula is C17H17N3O. The Labute approximate surface area is 123 Å². The summed E-state index contributed by atoms with van der Waals surface area (Å²) in [6, 6.07) is 16.0. The van der Waals surface area contributed by atoms with Crippen molar-refractivity contribution >= 4 is 16.9 Å². The van der Waals surface area contributed by atoms with Gasteiger partial charge in [0, 0.05) is 13.0 Å². The average molecular weight is 279 g/mol. The second kappa shape index (κ2) is 6.22. The Balaban J connectivity index is 1.51. The molecule has 1 amide bonds. The van der Waals surface area contributed by atoms with Gasteiger partial charge in [0.2, 0.25) is 5.91 Å². The summed E-state index contributed by atoms with van der Waals surface area (Å²) in [5, 5.41) is 2.95. The Hall–Kier alpha value is -2.62. The zero-order chi connectivity index (χ0) is 14.5. The van der Waals surface area contributed by atoms with E-state index >= 15 is 0 Å². The van der Waals surface area contributed by atoms with E-state index < -0.39 is 0 Å². The van der Waals surface area contributed by atoms with Crippen molar-refractivity contribution in [3.8, 4) is 0 Å². The lowest BCUT2D eigenvalue weighted by Crippen LogP contribution is -2.22. The number of carbonyl (C=O) groups is 1. The second-order valence-electron chi connectivity index (χ2n) is 5.02. The molecular weight excluding hydrogens is 262 g/mol. The maximum atomic E-state index is 11.9. The van der Waals surface area contributed by atoms with Gasteiger partial charge >= 0.3 is 0 Å². The van der Waals surface area contributed by atoms with Crippen LogP contribution in [0, 0.1) is 0 Å². The van der Waals surface area contributed by atoms with Crippen molar-refractivity contribution in [3.63, 3.8) is 0 Å². The molecule has 0 aliphatic heterocycles. The van der Waals surface area contributed by atoms with Gasteiger partial charge in [0.1, 0.15) is 0 Å². The molecule has 0 unspecified atom stereocenters. The van der Waals surface area contributed by atoms with E-state index in [9.17, 15) is 4.79 Å². The van der Waals surface area contributed by atoms with Crippen LogP contribution in [0.25, 0.3) is 11.0 Å².